The lowest BCUT2D eigenvalue weighted by molar-refractivity contribution is -0.277. The minimum absolute atomic E-state index is 0.140. The van der Waals surface area contributed by atoms with Gasteiger partial charge in [0, 0.05) is 5.56 Å². The number of hydrogen-bond acceptors (Lipinski definition) is 6. The first-order chi connectivity index (χ1) is 15.0. The monoisotopic (exact) mass is 448 g/mol. The van der Waals surface area contributed by atoms with E-state index in [2.05, 4.69) is 40.7 Å². The molecule has 1 aromatic carbocycles. The van der Waals surface area contributed by atoms with Gasteiger partial charge in [0.2, 0.25) is 6.29 Å². The van der Waals surface area contributed by atoms with Crippen LogP contribution < -0.4 is 4.74 Å². The SMILES string of the molecule is CC(C)c1c(O[C@@H]2O[C@H](CO)[C@H](O)[C@H](O)[C@H]2O)ccc2c1CC[C@H]1C(C)(C)CCC[C@]21C. The molecule has 0 unspecified atom stereocenters. The maximum absolute atomic E-state index is 10.5. The van der Waals surface area contributed by atoms with Crippen molar-refractivity contribution in [2.45, 2.75) is 109 Å². The van der Waals surface area contributed by atoms with Crippen molar-refractivity contribution >= 4 is 0 Å². The largest absolute Gasteiger partial charge is 0.462 e. The number of ether oxygens (including phenoxy) is 2. The molecule has 1 saturated heterocycles. The number of benzene rings is 1. The maximum Gasteiger partial charge on any atom is 0.229 e. The fraction of sp³-hybridized carbons (Fsp3) is 0.769. The first-order valence-corrected chi connectivity index (χ1v) is 12.1. The van der Waals surface area contributed by atoms with Crippen molar-refractivity contribution < 1.29 is 29.9 Å². The number of rotatable bonds is 4. The summed E-state index contributed by atoms with van der Waals surface area (Å²) in [6, 6.07) is 4.17. The molecular weight excluding hydrogens is 408 g/mol. The van der Waals surface area contributed by atoms with Gasteiger partial charge in [-0.3, -0.25) is 0 Å². The Hall–Kier alpha value is -1.18. The summed E-state index contributed by atoms with van der Waals surface area (Å²) in [6.45, 7) is 11.1. The highest BCUT2D eigenvalue weighted by atomic mass is 16.7. The van der Waals surface area contributed by atoms with E-state index in [0.717, 1.165) is 18.4 Å². The van der Waals surface area contributed by atoms with Gasteiger partial charge in [-0.15, -0.1) is 0 Å². The van der Waals surface area contributed by atoms with Crippen LogP contribution in [0.25, 0.3) is 0 Å². The lowest BCUT2D eigenvalue weighted by Gasteiger charge is -2.55. The average molecular weight is 449 g/mol. The van der Waals surface area contributed by atoms with Gasteiger partial charge in [0.25, 0.3) is 0 Å². The number of fused-ring (bicyclic) bond motifs is 3. The minimum atomic E-state index is -1.45. The molecule has 4 rings (SSSR count). The van der Waals surface area contributed by atoms with Gasteiger partial charge < -0.3 is 29.9 Å². The molecule has 1 heterocycles. The number of hydrogen-bond donors (Lipinski definition) is 4. The Labute approximate surface area is 191 Å². The van der Waals surface area contributed by atoms with Gasteiger partial charge in [-0.25, -0.2) is 0 Å². The Morgan fingerprint density at radius 3 is 2.44 bits per heavy atom. The van der Waals surface area contributed by atoms with Crippen molar-refractivity contribution in [2.24, 2.45) is 11.3 Å². The Morgan fingerprint density at radius 2 is 1.78 bits per heavy atom. The summed E-state index contributed by atoms with van der Waals surface area (Å²) in [4.78, 5) is 0. The zero-order valence-corrected chi connectivity index (χ0v) is 20.0. The summed E-state index contributed by atoms with van der Waals surface area (Å²) in [6.07, 6.45) is -0.548. The molecule has 3 aliphatic rings. The zero-order valence-electron chi connectivity index (χ0n) is 20.0. The van der Waals surface area contributed by atoms with E-state index in [1.165, 1.54) is 30.4 Å². The molecule has 2 fully saturated rings. The van der Waals surface area contributed by atoms with Crippen LogP contribution in [0.3, 0.4) is 0 Å². The first-order valence-electron chi connectivity index (χ1n) is 12.1. The van der Waals surface area contributed by atoms with Crippen LogP contribution in [-0.4, -0.2) is 57.7 Å². The molecule has 6 nitrogen and oxygen atoms in total. The van der Waals surface area contributed by atoms with Gasteiger partial charge in [0.15, 0.2) is 0 Å². The van der Waals surface area contributed by atoms with Gasteiger partial charge in [-0.05, 0) is 65.5 Å². The quantitative estimate of drug-likeness (QED) is 0.565. The van der Waals surface area contributed by atoms with Crippen LogP contribution in [0.4, 0.5) is 0 Å². The van der Waals surface area contributed by atoms with E-state index in [0.29, 0.717) is 17.1 Å². The maximum atomic E-state index is 10.5. The van der Waals surface area contributed by atoms with Crippen molar-refractivity contribution in [3.05, 3.63) is 28.8 Å². The molecule has 32 heavy (non-hydrogen) atoms. The van der Waals surface area contributed by atoms with E-state index in [1.807, 2.05) is 6.07 Å². The summed E-state index contributed by atoms with van der Waals surface area (Å²) in [5.74, 6) is 1.50. The summed E-state index contributed by atoms with van der Waals surface area (Å²) < 4.78 is 11.7. The normalized spacial score (nSPS) is 38.8. The van der Waals surface area contributed by atoms with E-state index in [1.54, 1.807) is 0 Å². The van der Waals surface area contributed by atoms with Gasteiger partial charge >= 0.3 is 0 Å². The third kappa shape index (κ3) is 3.78. The summed E-state index contributed by atoms with van der Waals surface area (Å²) in [7, 11) is 0. The van der Waals surface area contributed by atoms with Crippen molar-refractivity contribution in [2.75, 3.05) is 6.61 Å². The van der Waals surface area contributed by atoms with Crippen molar-refractivity contribution in [1.82, 2.24) is 0 Å². The van der Waals surface area contributed by atoms with Crippen LogP contribution >= 0.6 is 0 Å². The topological polar surface area (TPSA) is 99.4 Å². The van der Waals surface area contributed by atoms with Gasteiger partial charge in [-0.2, -0.15) is 0 Å². The Morgan fingerprint density at radius 1 is 1.06 bits per heavy atom. The second-order valence-corrected chi connectivity index (χ2v) is 11.3. The van der Waals surface area contributed by atoms with Crippen LogP contribution in [0.15, 0.2) is 12.1 Å². The molecule has 4 N–H and O–H groups in total. The van der Waals surface area contributed by atoms with Gasteiger partial charge in [-0.1, -0.05) is 47.1 Å². The molecule has 0 aromatic heterocycles. The zero-order chi connectivity index (χ0) is 23.4. The van der Waals surface area contributed by atoms with Gasteiger partial charge in [0.05, 0.1) is 6.61 Å². The molecule has 2 aliphatic carbocycles. The molecule has 0 spiro atoms. The highest BCUT2D eigenvalue weighted by molar-refractivity contribution is 5.51. The third-order valence-corrected chi connectivity index (χ3v) is 8.51. The average Bonchev–Trinajstić information content (AvgIpc) is 2.72. The van der Waals surface area contributed by atoms with E-state index in [9.17, 15) is 20.4 Å². The van der Waals surface area contributed by atoms with E-state index in [4.69, 9.17) is 9.47 Å². The van der Waals surface area contributed by atoms with Crippen molar-refractivity contribution in [3.63, 3.8) is 0 Å². The molecule has 180 valence electrons. The van der Waals surface area contributed by atoms with Crippen LogP contribution in [0, 0.1) is 11.3 Å². The molecule has 1 saturated carbocycles. The second kappa shape index (κ2) is 8.55. The molecule has 0 amide bonds. The van der Waals surface area contributed by atoms with Crippen molar-refractivity contribution in [3.8, 4) is 5.75 Å². The fourth-order valence-corrected chi connectivity index (χ4v) is 6.92. The number of aliphatic hydroxyl groups excluding tert-OH is 4. The van der Waals surface area contributed by atoms with E-state index < -0.39 is 37.3 Å². The molecule has 7 atom stereocenters. The Balaban J connectivity index is 1.71. The number of aliphatic hydroxyl groups is 4. The van der Waals surface area contributed by atoms with Crippen LogP contribution in [0.2, 0.25) is 0 Å². The van der Waals surface area contributed by atoms with Crippen LogP contribution in [-0.2, 0) is 16.6 Å². The standard InChI is InChI=1S/C26H40O6/c1-14(2)20-15-7-10-19-25(3,4)11-6-12-26(19,5)16(15)8-9-17(20)31-24-23(30)22(29)21(28)18(13-27)32-24/h8-9,14,18-19,21-24,27-30H,6-7,10-13H2,1-5H3/t18-,19+,21+,22+,23-,24-,26-/m1/s1. The highest BCUT2D eigenvalue weighted by Gasteiger charge is 2.50. The second-order valence-electron chi connectivity index (χ2n) is 11.3. The molecule has 6 heteroatoms. The molecule has 1 aromatic rings. The molecule has 0 bridgehead atoms. The predicted molar refractivity (Wildman–Crippen MR) is 122 cm³/mol. The first kappa shape index (κ1) is 24.0. The lowest BCUT2D eigenvalue weighted by atomic mass is 9.50. The molecular formula is C26H40O6. The highest BCUT2D eigenvalue weighted by Crippen LogP contribution is 2.58. The van der Waals surface area contributed by atoms with E-state index in [-0.39, 0.29) is 11.3 Å². The third-order valence-electron chi connectivity index (χ3n) is 8.51. The Kier molecular flexibility index (Phi) is 6.40. The molecule has 0 radical (unpaired) electrons. The minimum Gasteiger partial charge on any atom is -0.462 e. The summed E-state index contributed by atoms with van der Waals surface area (Å²) in [5, 5.41) is 40.2. The summed E-state index contributed by atoms with van der Waals surface area (Å²) >= 11 is 0. The van der Waals surface area contributed by atoms with Crippen LogP contribution in [0.1, 0.15) is 82.9 Å². The van der Waals surface area contributed by atoms with Gasteiger partial charge in [0.1, 0.15) is 30.2 Å². The molecule has 1 aliphatic heterocycles. The smallest absolute Gasteiger partial charge is 0.229 e. The fourth-order valence-electron chi connectivity index (χ4n) is 6.92. The predicted octanol–water partition coefficient (Wildman–Crippen LogP) is 3.02. The Bertz CT molecular complexity index is 834. The summed E-state index contributed by atoms with van der Waals surface area (Å²) in [5.41, 5.74) is 4.36. The van der Waals surface area contributed by atoms with E-state index >= 15 is 0 Å². The van der Waals surface area contributed by atoms with Crippen molar-refractivity contribution in [1.29, 1.82) is 0 Å². The lowest BCUT2D eigenvalue weighted by Crippen LogP contribution is -2.60. The van der Waals surface area contributed by atoms with Crippen LogP contribution in [0.5, 0.6) is 5.75 Å².